The summed E-state index contributed by atoms with van der Waals surface area (Å²) in [7, 11) is 0. The minimum atomic E-state index is -1.16. The molecule has 0 bridgehead atoms. The lowest BCUT2D eigenvalue weighted by Gasteiger charge is -2.36. The van der Waals surface area contributed by atoms with Gasteiger partial charge < -0.3 is 35.1 Å². The van der Waals surface area contributed by atoms with E-state index in [2.05, 4.69) is 10.3 Å². The van der Waals surface area contributed by atoms with Crippen molar-refractivity contribution in [2.75, 3.05) is 18.5 Å². The van der Waals surface area contributed by atoms with Gasteiger partial charge in [0.15, 0.2) is 0 Å². The molecule has 3 fully saturated rings. The van der Waals surface area contributed by atoms with E-state index in [-0.39, 0.29) is 41.4 Å². The Hall–Kier alpha value is -3.67. The number of aromatic amines is 1. The summed E-state index contributed by atoms with van der Waals surface area (Å²) in [6, 6.07) is 5.85. The number of likely N-dealkylation sites (tertiary alicyclic amines) is 1. The molecule has 0 spiro atoms. The molecule has 2 amide bonds. The van der Waals surface area contributed by atoms with E-state index in [4.69, 9.17) is 19.9 Å². The molecule has 2 saturated carbocycles. The summed E-state index contributed by atoms with van der Waals surface area (Å²) in [4.78, 5) is 57.3. The number of nitrogens with zero attached hydrogens (tertiary/aromatic N) is 1. The first-order chi connectivity index (χ1) is 22.5. The monoisotopic (exact) mass is 656 g/mol. The highest BCUT2D eigenvalue weighted by atomic mass is 19.1. The number of nitrogens with one attached hydrogen (secondary N) is 2. The third-order valence-electron chi connectivity index (χ3n) is 10.1. The quantitative estimate of drug-likeness (QED) is 0.206. The molecule has 12 heteroatoms. The molecule has 4 atom stereocenters. The van der Waals surface area contributed by atoms with Crippen molar-refractivity contribution in [3.05, 3.63) is 30.0 Å². The maximum atomic E-state index is 14.1. The van der Waals surface area contributed by atoms with Crippen LogP contribution in [0, 0.1) is 23.7 Å². The van der Waals surface area contributed by atoms with Crippen molar-refractivity contribution < 1.29 is 37.8 Å². The van der Waals surface area contributed by atoms with Crippen LogP contribution in [-0.4, -0.2) is 71.5 Å². The van der Waals surface area contributed by atoms with Gasteiger partial charge in [-0.1, -0.05) is 32.1 Å². The summed E-state index contributed by atoms with van der Waals surface area (Å²) in [5, 5.41) is 3.75. The van der Waals surface area contributed by atoms with E-state index in [9.17, 15) is 23.6 Å². The molecule has 4 N–H and O–H groups in total. The van der Waals surface area contributed by atoms with Crippen LogP contribution in [0.1, 0.15) is 95.5 Å². The van der Waals surface area contributed by atoms with E-state index in [1.807, 2.05) is 4.90 Å². The van der Waals surface area contributed by atoms with Gasteiger partial charge in [0.1, 0.15) is 18.4 Å². The third-order valence-corrected chi connectivity index (χ3v) is 10.1. The van der Waals surface area contributed by atoms with Gasteiger partial charge in [0, 0.05) is 42.0 Å². The molecule has 1 unspecified atom stereocenters. The molecule has 1 aromatic heterocycles. The van der Waals surface area contributed by atoms with Crippen molar-refractivity contribution in [3.8, 4) is 0 Å². The first-order valence-electron chi connectivity index (χ1n) is 17.2. The second kappa shape index (κ2) is 15.5. The topological polar surface area (TPSA) is 153 Å². The number of hydrogen-bond donors (Lipinski definition) is 3. The van der Waals surface area contributed by atoms with Crippen LogP contribution in [0.5, 0.6) is 0 Å². The van der Waals surface area contributed by atoms with Crippen LogP contribution in [0.25, 0.3) is 10.9 Å². The summed E-state index contributed by atoms with van der Waals surface area (Å²) >= 11 is 0. The molecule has 2 aromatic rings. The fourth-order valence-corrected chi connectivity index (χ4v) is 7.74. The molecule has 47 heavy (non-hydrogen) atoms. The molecule has 2 aliphatic carbocycles. The minimum Gasteiger partial charge on any atom is -0.431 e. The van der Waals surface area contributed by atoms with Crippen LogP contribution < -0.4 is 11.1 Å². The van der Waals surface area contributed by atoms with Gasteiger partial charge in [0.25, 0.3) is 0 Å². The number of H-pyrrole nitrogens is 1. The summed E-state index contributed by atoms with van der Waals surface area (Å²) in [6.07, 6.45) is 6.74. The van der Waals surface area contributed by atoms with Crippen LogP contribution in [0.15, 0.2) is 24.3 Å². The molecule has 0 radical (unpaired) electrons. The number of carbonyl (C=O) groups is 4. The van der Waals surface area contributed by atoms with Gasteiger partial charge >= 0.3 is 12.1 Å². The van der Waals surface area contributed by atoms with Gasteiger partial charge in [-0.25, -0.2) is 14.0 Å². The Labute approximate surface area is 275 Å². The van der Waals surface area contributed by atoms with E-state index < -0.39 is 37.2 Å². The van der Waals surface area contributed by atoms with Crippen molar-refractivity contribution in [1.82, 2.24) is 9.88 Å². The van der Waals surface area contributed by atoms with E-state index in [0.29, 0.717) is 41.9 Å². The van der Waals surface area contributed by atoms with Gasteiger partial charge in [-0.3, -0.25) is 9.59 Å². The van der Waals surface area contributed by atoms with Gasteiger partial charge in [0.2, 0.25) is 18.1 Å². The van der Waals surface area contributed by atoms with Crippen molar-refractivity contribution >= 4 is 40.5 Å². The first-order valence-corrected chi connectivity index (χ1v) is 17.2. The SMILES string of the molecule is CC(C)OC(=O)OC(C)OC(=O)c1cc2cc(NC(=O)[C@@H]3[C@H](C4CCCCC4)CCN3C(=O)C3CCC([C@H](N)CF)CC3)ccc2[nH]1. The normalized spacial score (nSPS) is 24.9. The Morgan fingerprint density at radius 1 is 0.957 bits per heavy atom. The number of amides is 2. The van der Waals surface area contributed by atoms with Gasteiger partial charge in [-0.2, -0.15) is 0 Å². The summed E-state index contributed by atoms with van der Waals surface area (Å²) < 4.78 is 28.3. The third kappa shape index (κ3) is 8.44. The van der Waals surface area contributed by atoms with Crippen LogP contribution in [0.3, 0.4) is 0 Å². The average Bonchev–Trinajstić information content (AvgIpc) is 3.69. The fraction of sp³-hybridized carbons (Fsp3) is 0.657. The molecule has 5 rings (SSSR count). The number of halogens is 1. The molecular formula is C35H49FN4O7. The van der Waals surface area contributed by atoms with Crippen LogP contribution in [-0.2, 0) is 23.8 Å². The summed E-state index contributed by atoms with van der Waals surface area (Å²) in [5.41, 5.74) is 7.32. The smallest absolute Gasteiger partial charge is 0.431 e. The second-order valence-corrected chi connectivity index (χ2v) is 13.7. The summed E-state index contributed by atoms with van der Waals surface area (Å²) in [5.74, 6) is -0.490. The predicted molar refractivity (Wildman–Crippen MR) is 174 cm³/mol. The number of rotatable bonds is 10. The highest BCUT2D eigenvalue weighted by Crippen LogP contribution is 2.41. The number of aromatic nitrogens is 1. The number of fused-ring (bicyclic) bond motifs is 1. The van der Waals surface area contributed by atoms with Crippen LogP contribution >= 0.6 is 0 Å². The first kappa shape index (κ1) is 34.7. The van der Waals surface area contributed by atoms with Gasteiger partial charge in [-0.05, 0) is 88.0 Å². The minimum absolute atomic E-state index is 0.0237. The molecule has 11 nitrogen and oxygen atoms in total. The van der Waals surface area contributed by atoms with Crippen molar-refractivity contribution in [2.45, 2.75) is 109 Å². The lowest BCUT2D eigenvalue weighted by molar-refractivity contribution is -0.142. The zero-order valence-corrected chi connectivity index (χ0v) is 27.7. The Morgan fingerprint density at radius 3 is 2.36 bits per heavy atom. The van der Waals surface area contributed by atoms with E-state index in [1.54, 1.807) is 38.1 Å². The lowest BCUT2D eigenvalue weighted by atomic mass is 9.76. The average molecular weight is 657 g/mol. The number of alkyl halides is 1. The van der Waals surface area contributed by atoms with Gasteiger partial charge in [-0.15, -0.1) is 0 Å². The largest absolute Gasteiger partial charge is 0.511 e. The Morgan fingerprint density at radius 2 is 1.68 bits per heavy atom. The Bertz CT molecular complexity index is 1420. The molecule has 258 valence electrons. The maximum Gasteiger partial charge on any atom is 0.511 e. The molecule has 1 aliphatic heterocycles. The van der Waals surface area contributed by atoms with Crippen molar-refractivity contribution in [1.29, 1.82) is 0 Å². The number of ether oxygens (including phenoxy) is 3. The Balaban J connectivity index is 1.27. The Kier molecular flexibility index (Phi) is 11.4. The second-order valence-electron chi connectivity index (χ2n) is 13.7. The number of benzene rings is 1. The van der Waals surface area contributed by atoms with Crippen LogP contribution in [0.4, 0.5) is 14.9 Å². The number of carbonyl (C=O) groups excluding carboxylic acids is 4. The molecular weight excluding hydrogens is 607 g/mol. The number of nitrogens with two attached hydrogens (primary N) is 1. The maximum absolute atomic E-state index is 14.1. The number of anilines is 1. The van der Waals surface area contributed by atoms with E-state index in [0.717, 1.165) is 44.9 Å². The highest BCUT2D eigenvalue weighted by molar-refractivity contribution is 6.01. The van der Waals surface area contributed by atoms with Crippen LogP contribution in [0.2, 0.25) is 0 Å². The number of esters is 1. The summed E-state index contributed by atoms with van der Waals surface area (Å²) in [6.45, 7) is 4.78. The highest BCUT2D eigenvalue weighted by Gasteiger charge is 2.47. The molecule has 3 aliphatic rings. The zero-order chi connectivity index (χ0) is 33.7. The molecule has 1 saturated heterocycles. The van der Waals surface area contributed by atoms with Gasteiger partial charge in [0.05, 0.1) is 6.10 Å². The predicted octanol–water partition coefficient (Wildman–Crippen LogP) is 6.07. The number of hydrogen-bond acceptors (Lipinski definition) is 8. The zero-order valence-electron chi connectivity index (χ0n) is 27.7. The molecule has 1 aromatic carbocycles. The molecule has 2 heterocycles. The fourth-order valence-electron chi connectivity index (χ4n) is 7.74. The van der Waals surface area contributed by atoms with Crippen molar-refractivity contribution in [2.24, 2.45) is 29.4 Å². The van der Waals surface area contributed by atoms with E-state index in [1.165, 1.54) is 13.3 Å². The lowest BCUT2D eigenvalue weighted by Crippen LogP contribution is -2.50. The van der Waals surface area contributed by atoms with Crippen molar-refractivity contribution in [3.63, 3.8) is 0 Å². The van der Waals surface area contributed by atoms with E-state index >= 15 is 0 Å². The standard InChI is InChI=1S/C35H49FN4O7/c1-20(2)45-35(44)47-21(3)46-34(43)30-18-25-17-26(13-14-29(25)39-30)38-32(41)31-27(22-7-5-4-6-8-22)15-16-40(31)33(42)24-11-9-23(10-12-24)28(37)19-36/h13-14,17-18,20-24,27-28,31,39H,4-12,15-16,19,37H2,1-3H3,(H,38,41)/t21?,23?,24?,27-,28+,31-/m0/s1.